The molecule has 1 aromatic carbocycles. The van der Waals surface area contributed by atoms with Crippen molar-refractivity contribution >= 4 is 11.9 Å². The standard InChI is InChI=1S/C12H12N4O4/c17-7-10(12(19)20)14-11(18)9-6-13-16(15-9)8-4-2-1-3-5-8/h1-6,10,17H,7H2,(H,14,18)(H,19,20)/t10-/m0/s1. The zero-order valence-corrected chi connectivity index (χ0v) is 10.3. The Kier molecular flexibility index (Phi) is 4.06. The number of hydrogen-bond acceptors (Lipinski definition) is 5. The monoisotopic (exact) mass is 276 g/mol. The third kappa shape index (κ3) is 2.98. The highest BCUT2D eigenvalue weighted by Gasteiger charge is 2.21. The normalized spacial score (nSPS) is 11.8. The highest BCUT2D eigenvalue weighted by atomic mass is 16.4. The Hall–Kier alpha value is -2.74. The summed E-state index contributed by atoms with van der Waals surface area (Å²) < 4.78 is 0. The molecule has 3 N–H and O–H groups in total. The van der Waals surface area contributed by atoms with Gasteiger partial charge in [0.1, 0.15) is 0 Å². The van der Waals surface area contributed by atoms with Crippen molar-refractivity contribution in [1.82, 2.24) is 20.3 Å². The summed E-state index contributed by atoms with van der Waals surface area (Å²) in [6, 6.07) is 7.57. The quantitative estimate of drug-likeness (QED) is 0.674. The van der Waals surface area contributed by atoms with Crippen LogP contribution in [0.2, 0.25) is 0 Å². The summed E-state index contributed by atoms with van der Waals surface area (Å²) in [5.74, 6) is -2.04. The Bertz CT molecular complexity index is 611. The van der Waals surface area contributed by atoms with E-state index < -0.39 is 24.5 Å². The van der Waals surface area contributed by atoms with Crippen LogP contribution in [0.4, 0.5) is 0 Å². The van der Waals surface area contributed by atoms with E-state index in [1.165, 1.54) is 11.0 Å². The molecule has 0 unspecified atom stereocenters. The minimum atomic E-state index is -1.37. The SMILES string of the molecule is O=C(N[C@@H](CO)C(=O)O)c1cnn(-c2ccccc2)n1. The Labute approximate surface area is 113 Å². The molecule has 0 saturated heterocycles. The number of para-hydroxylation sites is 1. The van der Waals surface area contributed by atoms with Crippen LogP contribution in [-0.2, 0) is 4.79 Å². The molecular weight excluding hydrogens is 264 g/mol. The number of hydrogen-bond donors (Lipinski definition) is 3. The molecule has 20 heavy (non-hydrogen) atoms. The summed E-state index contributed by atoms with van der Waals surface area (Å²) in [5, 5.41) is 27.6. The molecule has 104 valence electrons. The van der Waals surface area contributed by atoms with E-state index in [9.17, 15) is 9.59 Å². The molecule has 1 aromatic heterocycles. The van der Waals surface area contributed by atoms with Crippen LogP contribution in [0.3, 0.4) is 0 Å². The predicted octanol–water partition coefficient (Wildman–Crippen LogP) is -0.557. The number of aliphatic hydroxyl groups excluding tert-OH is 1. The Balaban J connectivity index is 2.13. The van der Waals surface area contributed by atoms with Gasteiger partial charge in [0.05, 0.1) is 18.5 Å². The highest BCUT2D eigenvalue weighted by Crippen LogP contribution is 2.04. The minimum Gasteiger partial charge on any atom is -0.480 e. The third-order valence-electron chi connectivity index (χ3n) is 2.50. The summed E-state index contributed by atoms with van der Waals surface area (Å²) in [4.78, 5) is 23.7. The number of carboxylic acids is 1. The molecule has 1 amide bonds. The number of amides is 1. The lowest BCUT2D eigenvalue weighted by molar-refractivity contribution is -0.140. The van der Waals surface area contributed by atoms with Gasteiger partial charge in [-0.25, -0.2) is 4.79 Å². The van der Waals surface area contributed by atoms with Crippen LogP contribution in [0, 0.1) is 0 Å². The second-order valence-electron chi connectivity index (χ2n) is 3.90. The maximum Gasteiger partial charge on any atom is 0.328 e. The lowest BCUT2D eigenvalue weighted by atomic mass is 10.3. The van der Waals surface area contributed by atoms with Gasteiger partial charge in [-0.3, -0.25) is 4.79 Å². The summed E-state index contributed by atoms with van der Waals surface area (Å²) in [5.41, 5.74) is 0.636. The number of carbonyl (C=O) groups excluding carboxylic acids is 1. The zero-order chi connectivity index (χ0) is 14.5. The molecule has 0 bridgehead atoms. The van der Waals surface area contributed by atoms with Gasteiger partial charge in [0.15, 0.2) is 11.7 Å². The van der Waals surface area contributed by atoms with Crippen LogP contribution in [0.25, 0.3) is 5.69 Å². The average Bonchev–Trinajstić information content (AvgIpc) is 2.95. The van der Waals surface area contributed by atoms with Crippen LogP contribution in [-0.4, -0.2) is 49.7 Å². The molecule has 0 spiro atoms. The summed E-state index contributed by atoms with van der Waals surface area (Å²) in [6.45, 7) is -0.701. The maximum absolute atomic E-state index is 11.8. The van der Waals surface area contributed by atoms with Crippen molar-refractivity contribution in [2.45, 2.75) is 6.04 Å². The lowest BCUT2D eigenvalue weighted by Crippen LogP contribution is -2.43. The van der Waals surface area contributed by atoms with Crippen molar-refractivity contribution in [3.8, 4) is 5.69 Å². The van der Waals surface area contributed by atoms with E-state index in [-0.39, 0.29) is 5.69 Å². The van der Waals surface area contributed by atoms with Gasteiger partial charge >= 0.3 is 5.97 Å². The number of carboxylic acid groups (broad SMARTS) is 1. The number of nitrogens with one attached hydrogen (secondary N) is 1. The number of carbonyl (C=O) groups is 2. The van der Waals surface area contributed by atoms with Crippen LogP contribution in [0.1, 0.15) is 10.5 Å². The van der Waals surface area contributed by atoms with Gasteiger partial charge in [-0.15, -0.1) is 5.10 Å². The van der Waals surface area contributed by atoms with Gasteiger partial charge in [0.2, 0.25) is 0 Å². The van der Waals surface area contributed by atoms with E-state index in [0.29, 0.717) is 5.69 Å². The first-order valence-electron chi connectivity index (χ1n) is 5.74. The number of aromatic nitrogens is 3. The predicted molar refractivity (Wildman–Crippen MR) is 67.3 cm³/mol. The van der Waals surface area contributed by atoms with Crippen molar-refractivity contribution in [1.29, 1.82) is 0 Å². The molecular formula is C12H12N4O4. The number of aliphatic hydroxyl groups is 1. The van der Waals surface area contributed by atoms with Crippen molar-refractivity contribution in [2.75, 3.05) is 6.61 Å². The molecule has 0 saturated carbocycles. The van der Waals surface area contributed by atoms with Crippen LogP contribution in [0.15, 0.2) is 36.5 Å². The topological polar surface area (TPSA) is 117 Å². The Morgan fingerprint density at radius 3 is 2.60 bits per heavy atom. The maximum atomic E-state index is 11.8. The minimum absolute atomic E-state index is 0.0337. The molecule has 0 aliphatic rings. The molecule has 0 fully saturated rings. The second kappa shape index (κ2) is 5.93. The molecule has 8 heteroatoms. The van der Waals surface area contributed by atoms with E-state index >= 15 is 0 Å². The summed E-state index contributed by atoms with van der Waals surface area (Å²) >= 11 is 0. The fraction of sp³-hybridized carbons (Fsp3) is 0.167. The van der Waals surface area contributed by atoms with Crippen molar-refractivity contribution in [3.63, 3.8) is 0 Å². The van der Waals surface area contributed by atoms with Crippen molar-refractivity contribution in [2.24, 2.45) is 0 Å². The van der Waals surface area contributed by atoms with E-state index in [4.69, 9.17) is 10.2 Å². The van der Waals surface area contributed by atoms with Crippen molar-refractivity contribution < 1.29 is 19.8 Å². The fourth-order valence-electron chi connectivity index (χ4n) is 1.47. The Morgan fingerprint density at radius 1 is 1.30 bits per heavy atom. The van der Waals surface area contributed by atoms with Crippen LogP contribution in [0.5, 0.6) is 0 Å². The fourth-order valence-corrected chi connectivity index (χ4v) is 1.47. The number of aliphatic carboxylic acids is 1. The second-order valence-corrected chi connectivity index (χ2v) is 3.90. The van der Waals surface area contributed by atoms with Gasteiger partial charge in [0.25, 0.3) is 5.91 Å². The van der Waals surface area contributed by atoms with Crippen LogP contribution < -0.4 is 5.32 Å². The first kappa shape index (κ1) is 13.7. The molecule has 1 atom stereocenters. The third-order valence-corrected chi connectivity index (χ3v) is 2.50. The van der Waals surface area contributed by atoms with Crippen LogP contribution >= 0.6 is 0 Å². The van der Waals surface area contributed by atoms with Gasteiger partial charge < -0.3 is 15.5 Å². The van der Waals surface area contributed by atoms with Crippen molar-refractivity contribution in [3.05, 3.63) is 42.2 Å². The van der Waals surface area contributed by atoms with Gasteiger partial charge in [-0.1, -0.05) is 18.2 Å². The van der Waals surface area contributed by atoms with E-state index in [0.717, 1.165) is 0 Å². The molecule has 0 aliphatic carbocycles. The molecule has 0 aliphatic heterocycles. The first-order chi connectivity index (χ1) is 9.61. The number of benzene rings is 1. The van der Waals surface area contributed by atoms with E-state index in [1.54, 1.807) is 24.3 Å². The highest BCUT2D eigenvalue weighted by molar-refractivity contribution is 5.94. The molecule has 2 rings (SSSR count). The van der Waals surface area contributed by atoms with Gasteiger partial charge in [0, 0.05) is 0 Å². The number of rotatable bonds is 5. The average molecular weight is 276 g/mol. The molecule has 0 radical (unpaired) electrons. The summed E-state index contributed by atoms with van der Waals surface area (Å²) in [7, 11) is 0. The largest absolute Gasteiger partial charge is 0.480 e. The smallest absolute Gasteiger partial charge is 0.328 e. The number of nitrogens with zero attached hydrogens (tertiary/aromatic N) is 3. The van der Waals surface area contributed by atoms with E-state index in [1.807, 2.05) is 6.07 Å². The lowest BCUT2D eigenvalue weighted by Gasteiger charge is -2.09. The first-order valence-corrected chi connectivity index (χ1v) is 5.74. The zero-order valence-electron chi connectivity index (χ0n) is 10.3. The molecule has 1 heterocycles. The molecule has 2 aromatic rings. The van der Waals surface area contributed by atoms with Gasteiger partial charge in [-0.2, -0.15) is 9.90 Å². The Morgan fingerprint density at radius 2 is 2.00 bits per heavy atom. The summed E-state index contributed by atoms with van der Waals surface area (Å²) in [6.07, 6.45) is 1.22. The van der Waals surface area contributed by atoms with E-state index in [2.05, 4.69) is 15.5 Å². The molecule has 8 nitrogen and oxygen atoms in total. The van der Waals surface area contributed by atoms with Gasteiger partial charge in [-0.05, 0) is 12.1 Å².